The van der Waals surface area contributed by atoms with Gasteiger partial charge in [-0.2, -0.15) is 0 Å². The Morgan fingerprint density at radius 3 is 0.905 bits per heavy atom. The van der Waals surface area contributed by atoms with Crippen molar-refractivity contribution in [2.45, 2.75) is 151 Å². The first-order valence-corrected chi connectivity index (χ1v) is 18.4. The smallest absolute Gasteiger partial charge is 0.0642 e. The maximum atomic E-state index is 7.19. The number of halogens is 1. The van der Waals surface area contributed by atoms with Gasteiger partial charge in [-0.1, -0.05) is 44.9 Å². The molecule has 17 unspecified atom stereocenters. The summed E-state index contributed by atoms with van der Waals surface area (Å²) in [5, 5.41) is 33.8. The van der Waals surface area contributed by atoms with Crippen molar-refractivity contribution in [3.63, 3.8) is 0 Å². The largest absolute Gasteiger partial charge is 0.286 e. The molecule has 1 radical (unpaired) electrons. The Kier molecular flexibility index (Phi) is 8.72. The molecule has 9 rings (SSSR count). The summed E-state index contributed by atoms with van der Waals surface area (Å²) in [6, 6.07) is 0. The van der Waals surface area contributed by atoms with Gasteiger partial charge in [-0.25, -0.2) is 0 Å². The molecule has 0 aromatic heterocycles. The van der Waals surface area contributed by atoms with Crippen molar-refractivity contribution >= 4 is 11.6 Å². The van der Waals surface area contributed by atoms with Crippen molar-refractivity contribution in [3.05, 3.63) is 0 Å². The van der Waals surface area contributed by atoms with Crippen molar-refractivity contribution < 1.29 is 17.1 Å². The topological polar surface area (TPSA) is 96.2 Å². The van der Waals surface area contributed by atoms with Crippen LogP contribution < -0.4 is 42.5 Å². The third-order valence-corrected chi connectivity index (χ3v) is 14.3. The molecule has 10 heteroatoms. The molecular formula is C32H55ClMnN8. The van der Waals surface area contributed by atoms with E-state index in [1.54, 1.807) is 0 Å². The van der Waals surface area contributed by atoms with Gasteiger partial charge >= 0.3 is 0 Å². The fraction of sp³-hybridized carbons (Fsp3) is 1.00. The minimum atomic E-state index is 0. The molecule has 237 valence electrons. The number of fused-ring (bicyclic) bond motifs is 20. The van der Waals surface area contributed by atoms with Gasteiger partial charge in [-0.15, -0.1) is 11.6 Å². The summed E-state index contributed by atoms with van der Waals surface area (Å²) >= 11 is 7.19. The van der Waals surface area contributed by atoms with Crippen molar-refractivity contribution in [1.82, 2.24) is 42.5 Å². The number of rotatable bonds is 0. The first kappa shape index (κ1) is 29.9. The van der Waals surface area contributed by atoms with Crippen molar-refractivity contribution in [3.8, 4) is 0 Å². The molecule has 17 atom stereocenters. The van der Waals surface area contributed by atoms with Crippen LogP contribution in [-0.4, -0.2) is 54.7 Å². The van der Waals surface area contributed by atoms with E-state index in [0.717, 1.165) is 18.3 Å². The molecule has 9 fully saturated rings. The molecule has 8 nitrogen and oxygen atoms in total. The Morgan fingerprint density at radius 1 is 0.310 bits per heavy atom. The van der Waals surface area contributed by atoms with E-state index >= 15 is 0 Å². The molecule has 0 aromatic carbocycles. The van der Waals surface area contributed by atoms with E-state index in [2.05, 4.69) is 42.5 Å². The zero-order valence-electron chi connectivity index (χ0n) is 25.2. The molecule has 42 heavy (non-hydrogen) atoms. The van der Waals surface area contributed by atoms with Gasteiger partial charge in [0.15, 0.2) is 0 Å². The molecule has 5 aliphatic heterocycles. The van der Waals surface area contributed by atoms with E-state index in [0.29, 0.717) is 78.7 Å². The van der Waals surface area contributed by atoms with Gasteiger partial charge in [-0.05, 0) is 92.8 Å². The summed E-state index contributed by atoms with van der Waals surface area (Å²) in [6.07, 6.45) is 22.9. The first-order chi connectivity index (χ1) is 20.2. The molecule has 0 spiro atoms. The second-order valence-corrected chi connectivity index (χ2v) is 16.2. The summed E-state index contributed by atoms with van der Waals surface area (Å²) in [4.78, 5) is 0. The van der Waals surface area contributed by atoms with Gasteiger partial charge in [0.2, 0.25) is 0 Å². The summed E-state index contributed by atoms with van der Waals surface area (Å²) in [7, 11) is 0. The van der Waals surface area contributed by atoms with Gasteiger partial charge in [0.25, 0.3) is 0 Å². The van der Waals surface area contributed by atoms with Crippen molar-refractivity contribution in [2.24, 2.45) is 47.3 Å². The minimum absolute atomic E-state index is 0. The normalized spacial score (nSPS) is 56.9. The van der Waals surface area contributed by atoms with E-state index in [1.165, 1.54) is 89.9 Å². The summed E-state index contributed by atoms with van der Waals surface area (Å²) in [5.74, 6) is 5.34. The molecule has 8 N–H and O–H groups in total. The Bertz CT molecular complexity index is 959. The van der Waals surface area contributed by atoms with Crippen molar-refractivity contribution in [1.29, 1.82) is 0 Å². The van der Waals surface area contributed by atoms with Crippen LogP contribution >= 0.6 is 11.6 Å². The second-order valence-electron chi connectivity index (χ2n) is 15.7. The second kappa shape index (κ2) is 12.3. The molecule has 4 saturated carbocycles. The van der Waals surface area contributed by atoms with Crippen LogP contribution in [0.4, 0.5) is 0 Å². The maximum absolute atomic E-state index is 7.19. The van der Waals surface area contributed by atoms with Crippen LogP contribution in [0.1, 0.15) is 96.3 Å². The van der Waals surface area contributed by atoms with E-state index in [4.69, 9.17) is 11.6 Å². The predicted molar refractivity (Wildman–Crippen MR) is 162 cm³/mol. The molecule has 0 amide bonds. The molecule has 4 aliphatic carbocycles. The fourth-order valence-electron chi connectivity index (χ4n) is 12.0. The van der Waals surface area contributed by atoms with Gasteiger partial charge in [0.1, 0.15) is 0 Å². The quantitative estimate of drug-likeness (QED) is 0.151. The Morgan fingerprint density at radius 2 is 0.571 bits per heavy atom. The molecule has 8 bridgehead atoms. The van der Waals surface area contributed by atoms with Crippen LogP contribution in [0, 0.1) is 47.3 Å². The van der Waals surface area contributed by atoms with E-state index in [9.17, 15) is 0 Å². The van der Waals surface area contributed by atoms with Crippen molar-refractivity contribution in [2.75, 3.05) is 0 Å². The predicted octanol–water partition coefficient (Wildman–Crippen LogP) is 2.82. The number of hydrogen-bond donors (Lipinski definition) is 8. The van der Waals surface area contributed by atoms with Crippen LogP contribution in [0.3, 0.4) is 0 Å². The van der Waals surface area contributed by atoms with Gasteiger partial charge in [0.05, 0.1) is 49.3 Å². The Labute approximate surface area is 268 Å². The molecular weight excluding hydrogens is 587 g/mol. The Hall–Kier alpha value is 0.489. The SMILES string of the molecule is ClC1CCCC2C3NC4NC(NC5NC(NC6NC(NC(N3)C12)C1CCCCC61)C1CCCCC51)C1CCCCC41.[Mn]. The molecule has 5 heterocycles. The standard InChI is InChI=1S/C32H55ClN8.Mn/c33-23-15-7-14-22-24(23)32-40-30-21-13-6-5-12-20(21)28(38-30)36-26-17-9-2-1-8-16(17)25(34-26)35-27-18-10-3-4-11-19(18)29(37-27)39-31(22)41-32;/h16-32,34-41H,1-15H2;. The van der Waals surface area contributed by atoms with Crippen LogP contribution in [0.2, 0.25) is 0 Å². The van der Waals surface area contributed by atoms with Gasteiger partial charge in [0, 0.05) is 28.4 Å². The average molecular weight is 642 g/mol. The van der Waals surface area contributed by atoms with Gasteiger partial charge in [-0.3, -0.25) is 42.5 Å². The summed E-state index contributed by atoms with van der Waals surface area (Å²) in [6.45, 7) is 0. The van der Waals surface area contributed by atoms with E-state index < -0.39 is 0 Å². The number of nitrogens with one attached hydrogen (secondary N) is 8. The molecule has 9 aliphatic rings. The zero-order valence-corrected chi connectivity index (χ0v) is 27.1. The molecule has 5 saturated heterocycles. The van der Waals surface area contributed by atoms with Crippen LogP contribution in [0.15, 0.2) is 0 Å². The maximum Gasteiger partial charge on any atom is 0.0642 e. The fourth-order valence-corrected chi connectivity index (χ4v) is 12.5. The average Bonchev–Trinajstić information content (AvgIpc) is 3.73. The number of hydrogen-bond acceptors (Lipinski definition) is 8. The monoisotopic (exact) mass is 641 g/mol. The third kappa shape index (κ3) is 5.08. The first-order valence-electron chi connectivity index (χ1n) is 17.9. The van der Waals surface area contributed by atoms with Crippen LogP contribution in [-0.2, 0) is 17.1 Å². The van der Waals surface area contributed by atoms with E-state index in [-0.39, 0.29) is 28.6 Å². The summed E-state index contributed by atoms with van der Waals surface area (Å²) < 4.78 is 0. The zero-order chi connectivity index (χ0) is 27.1. The number of alkyl halides is 1. The Balaban J connectivity index is 0.00000267. The minimum Gasteiger partial charge on any atom is -0.286 e. The van der Waals surface area contributed by atoms with Crippen LogP contribution in [0.25, 0.3) is 0 Å². The molecule has 0 aromatic rings. The van der Waals surface area contributed by atoms with Crippen LogP contribution in [0.5, 0.6) is 0 Å². The summed E-state index contributed by atoms with van der Waals surface area (Å²) in [5.41, 5.74) is 0. The van der Waals surface area contributed by atoms with E-state index in [1.807, 2.05) is 0 Å². The van der Waals surface area contributed by atoms with Gasteiger partial charge < -0.3 is 0 Å². The third-order valence-electron chi connectivity index (χ3n) is 13.8.